The maximum Gasteiger partial charge on any atom is 0.187 e. The Balaban J connectivity index is 1.36. The van der Waals surface area contributed by atoms with Gasteiger partial charge in [0.15, 0.2) is 5.13 Å². The Hall–Kier alpha value is -3.43. The van der Waals surface area contributed by atoms with Crippen molar-refractivity contribution in [2.24, 2.45) is 0 Å². The second-order valence-corrected chi connectivity index (χ2v) is 7.53. The summed E-state index contributed by atoms with van der Waals surface area (Å²) in [6, 6.07) is 33.8. The van der Waals surface area contributed by atoms with E-state index >= 15 is 0 Å². The van der Waals surface area contributed by atoms with Crippen molar-refractivity contribution in [1.29, 1.82) is 0 Å². The number of nitrogens with zero attached hydrogens (tertiary/aromatic N) is 1. The zero-order valence-electron chi connectivity index (χ0n) is 15.2. The van der Waals surface area contributed by atoms with Crippen molar-refractivity contribution in [3.63, 3.8) is 0 Å². The third kappa shape index (κ3) is 3.40. The summed E-state index contributed by atoms with van der Waals surface area (Å²) in [6.07, 6.45) is 0. The molecule has 0 unspecified atom stereocenters. The zero-order chi connectivity index (χ0) is 18.8. The summed E-state index contributed by atoms with van der Waals surface area (Å²) in [5.74, 6) is 0. The molecule has 0 saturated heterocycles. The topological polar surface area (TPSA) is 24.9 Å². The summed E-state index contributed by atoms with van der Waals surface area (Å²) < 4.78 is 0. The van der Waals surface area contributed by atoms with Crippen LogP contribution in [0.1, 0.15) is 0 Å². The monoisotopic (exact) mass is 378 g/mol. The van der Waals surface area contributed by atoms with Crippen molar-refractivity contribution in [3.8, 4) is 22.4 Å². The molecule has 1 aromatic heterocycles. The van der Waals surface area contributed by atoms with E-state index in [2.05, 4.69) is 102 Å². The van der Waals surface area contributed by atoms with Crippen LogP contribution in [0.5, 0.6) is 0 Å². The second-order valence-electron chi connectivity index (χ2n) is 6.67. The summed E-state index contributed by atoms with van der Waals surface area (Å²) in [5, 5.41) is 8.89. The average molecular weight is 379 g/mol. The minimum atomic E-state index is 0.900. The fourth-order valence-electron chi connectivity index (χ4n) is 3.32. The number of hydrogen-bond acceptors (Lipinski definition) is 3. The van der Waals surface area contributed by atoms with Crippen LogP contribution in [0.15, 0.2) is 102 Å². The van der Waals surface area contributed by atoms with E-state index in [1.54, 1.807) is 11.3 Å². The summed E-state index contributed by atoms with van der Waals surface area (Å²) in [6.45, 7) is 0. The molecule has 0 saturated carbocycles. The highest BCUT2D eigenvalue weighted by molar-refractivity contribution is 7.14. The van der Waals surface area contributed by atoms with E-state index in [1.165, 1.54) is 21.9 Å². The number of benzene rings is 4. The minimum absolute atomic E-state index is 0.900. The number of anilines is 2. The second kappa shape index (κ2) is 7.29. The van der Waals surface area contributed by atoms with Crippen molar-refractivity contribution in [2.45, 2.75) is 0 Å². The van der Waals surface area contributed by atoms with E-state index in [1.807, 2.05) is 6.07 Å². The Bertz CT molecular complexity index is 1220. The standard InChI is InChI=1S/C25H18N2S/c1-2-6-18(7-3-1)20-10-12-21(13-11-20)24-17-28-25(27-24)26-23-15-14-19-8-4-5-9-22(19)16-23/h1-17H,(H,26,27). The van der Waals surface area contributed by atoms with Gasteiger partial charge >= 0.3 is 0 Å². The molecular formula is C25H18N2S. The van der Waals surface area contributed by atoms with Gasteiger partial charge in [-0.2, -0.15) is 0 Å². The molecule has 0 fully saturated rings. The minimum Gasteiger partial charge on any atom is -0.332 e. The first-order valence-corrected chi connectivity index (χ1v) is 10.1. The molecule has 1 heterocycles. The van der Waals surface area contributed by atoms with Gasteiger partial charge in [0.25, 0.3) is 0 Å². The maximum absolute atomic E-state index is 4.77. The fraction of sp³-hybridized carbons (Fsp3) is 0. The molecule has 5 rings (SSSR count). The van der Waals surface area contributed by atoms with Crippen molar-refractivity contribution in [2.75, 3.05) is 5.32 Å². The molecular weight excluding hydrogens is 360 g/mol. The highest BCUT2D eigenvalue weighted by Crippen LogP contribution is 2.30. The van der Waals surface area contributed by atoms with E-state index < -0.39 is 0 Å². The van der Waals surface area contributed by atoms with Gasteiger partial charge in [0.05, 0.1) is 5.69 Å². The maximum atomic E-state index is 4.77. The molecule has 0 spiro atoms. The van der Waals surface area contributed by atoms with Crippen LogP contribution in [0.2, 0.25) is 0 Å². The molecule has 4 aromatic carbocycles. The van der Waals surface area contributed by atoms with Crippen molar-refractivity contribution < 1.29 is 0 Å². The van der Waals surface area contributed by atoms with Crippen molar-refractivity contribution in [1.82, 2.24) is 4.98 Å². The first-order valence-electron chi connectivity index (χ1n) is 9.22. The van der Waals surface area contributed by atoms with Crippen LogP contribution < -0.4 is 5.32 Å². The van der Waals surface area contributed by atoms with Gasteiger partial charge in [-0.1, -0.05) is 84.9 Å². The third-order valence-corrected chi connectivity index (χ3v) is 5.55. The molecule has 1 N–H and O–H groups in total. The lowest BCUT2D eigenvalue weighted by Gasteiger charge is -2.05. The van der Waals surface area contributed by atoms with Gasteiger partial charge < -0.3 is 5.32 Å². The van der Waals surface area contributed by atoms with Crippen LogP contribution in [-0.4, -0.2) is 4.98 Å². The Labute approximate surface area is 168 Å². The number of nitrogens with one attached hydrogen (secondary N) is 1. The summed E-state index contributed by atoms with van der Waals surface area (Å²) in [7, 11) is 0. The van der Waals surface area contributed by atoms with Gasteiger partial charge in [-0.15, -0.1) is 11.3 Å². The number of rotatable bonds is 4. The van der Waals surface area contributed by atoms with Gasteiger partial charge in [0, 0.05) is 16.6 Å². The molecule has 0 amide bonds. The number of fused-ring (bicyclic) bond motifs is 1. The van der Waals surface area contributed by atoms with E-state index in [0.717, 1.165) is 22.1 Å². The van der Waals surface area contributed by atoms with E-state index in [-0.39, 0.29) is 0 Å². The van der Waals surface area contributed by atoms with Gasteiger partial charge in [0.2, 0.25) is 0 Å². The molecule has 2 nitrogen and oxygen atoms in total. The molecule has 0 aliphatic heterocycles. The zero-order valence-corrected chi connectivity index (χ0v) is 16.0. The predicted molar refractivity (Wildman–Crippen MR) is 120 cm³/mol. The Kier molecular flexibility index (Phi) is 4.36. The normalized spacial score (nSPS) is 10.9. The summed E-state index contributed by atoms with van der Waals surface area (Å²) in [4.78, 5) is 4.77. The quantitative estimate of drug-likeness (QED) is 0.353. The number of thiazole rings is 1. The lowest BCUT2D eigenvalue weighted by molar-refractivity contribution is 1.38. The van der Waals surface area contributed by atoms with E-state index in [4.69, 9.17) is 4.98 Å². The van der Waals surface area contributed by atoms with E-state index in [0.29, 0.717) is 0 Å². The molecule has 134 valence electrons. The van der Waals surface area contributed by atoms with Crippen LogP contribution in [0.4, 0.5) is 10.8 Å². The Morgan fingerprint density at radius 1 is 0.607 bits per heavy atom. The highest BCUT2D eigenvalue weighted by atomic mass is 32.1. The average Bonchev–Trinajstić information content (AvgIpc) is 3.23. The fourth-order valence-corrected chi connectivity index (χ4v) is 4.06. The molecule has 5 aromatic rings. The lowest BCUT2D eigenvalue weighted by atomic mass is 10.0. The van der Waals surface area contributed by atoms with Crippen molar-refractivity contribution >= 4 is 32.9 Å². The van der Waals surface area contributed by atoms with Crippen molar-refractivity contribution in [3.05, 3.63) is 102 Å². The predicted octanol–water partition coefficient (Wildman–Crippen LogP) is 7.37. The number of hydrogen-bond donors (Lipinski definition) is 1. The Morgan fingerprint density at radius 3 is 2.11 bits per heavy atom. The summed E-state index contributed by atoms with van der Waals surface area (Å²) >= 11 is 1.62. The number of aromatic nitrogens is 1. The first-order chi connectivity index (χ1) is 13.8. The molecule has 0 radical (unpaired) electrons. The molecule has 0 bridgehead atoms. The van der Waals surface area contributed by atoms with Crippen LogP contribution >= 0.6 is 11.3 Å². The van der Waals surface area contributed by atoms with Crippen LogP contribution in [0.25, 0.3) is 33.2 Å². The lowest BCUT2D eigenvalue weighted by Crippen LogP contribution is -1.89. The molecule has 3 heteroatoms. The third-order valence-electron chi connectivity index (χ3n) is 4.79. The highest BCUT2D eigenvalue weighted by Gasteiger charge is 2.06. The van der Waals surface area contributed by atoms with Crippen LogP contribution in [-0.2, 0) is 0 Å². The molecule has 0 aliphatic carbocycles. The molecule has 0 atom stereocenters. The van der Waals surface area contributed by atoms with Gasteiger partial charge in [0.1, 0.15) is 0 Å². The van der Waals surface area contributed by atoms with Crippen LogP contribution in [0, 0.1) is 0 Å². The molecule has 0 aliphatic rings. The largest absolute Gasteiger partial charge is 0.332 e. The SMILES string of the molecule is c1ccc(-c2ccc(-c3csc(Nc4ccc5ccccc5c4)n3)cc2)cc1. The van der Waals surface area contributed by atoms with Gasteiger partial charge in [-0.3, -0.25) is 0 Å². The van der Waals surface area contributed by atoms with Gasteiger partial charge in [-0.25, -0.2) is 4.98 Å². The smallest absolute Gasteiger partial charge is 0.187 e. The molecule has 28 heavy (non-hydrogen) atoms. The first kappa shape index (κ1) is 16.7. The van der Waals surface area contributed by atoms with Crippen LogP contribution in [0.3, 0.4) is 0 Å². The summed E-state index contributed by atoms with van der Waals surface area (Å²) in [5.41, 5.74) is 5.62. The Morgan fingerprint density at radius 2 is 1.29 bits per heavy atom. The van der Waals surface area contributed by atoms with Gasteiger partial charge in [-0.05, 0) is 34.0 Å². The van der Waals surface area contributed by atoms with E-state index in [9.17, 15) is 0 Å².